The zero-order valence-corrected chi connectivity index (χ0v) is 22.4. The number of carbonyl (C=O) groups is 1. The summed E-state index contributed by atoms with van der Waals surface area (Å²) in [6.45, 7) is 4.33. The third-order valence-electron chi connectivity index (χ3n) is 6.97. The van der Waals surface area contributed by atoms with Crippen LogP contribution in [0.15, 0.2) is 108 Å². The van der Waals surface area contributed by atoms with E-state index in [4.69, 9.17) is 9.72 Å². The van der Waals surface area contributed by atoms with Crippen LogP contribution in [0.1, 0.15) is 35.5 Å². The molecule has 5 rings (SSSR count). The lowest BCUT2D eigenvalue weighted by atomic mass is 10.1. The van der Waals surface area contributed by atoms with Crippen LogP contribution in [0, 0.1) is 6.92 Å². The molecule has 0 aliphatic rings. The van der Waals surface area contributed by atoms with Gasteiger partial charge in [0.15, 0.2) is 0 Å². The van der Waals surface area contributed by atoms with E-state index in [0.29, 0.717) is 29.0 Å². The third-order valence-corrected chi connectivity index (χ3v) is 6.97. The zero-order chi connectivity index (χ0) is 27.4. The predicted octanol–water partition coefficient (Wildman–Crippen LogP) is 6.04. The van der Waals surface area contributed by atoms with Crippen LogP contribution in [-0.2, 0) is 17.8 Å². The first-order valence-electron chi connectivity index (χ1n) is 13.0. The van der Waals surface area contributed by atoms with Gasteiger partial charge < -0.3 is 9.64 Å². The molecule has 0 saturated heterocycles. The molecule has 0 bridgehead atoms. The van der Waals surface area contributed by atoms with Gasteiger partial charge in [-0.3, -0.25) is 14.2 Å². The highest BCUT2D eigenvalue weighted by molar-refractivity contribution is 5.80. The molecule has 4 aromatic carbocycles. The number of carbonyl (C=O) groups excluding carboxylic acids is 1. The van der Waals surface area contributed by atoms with Crippen LogP contribution < -0.4 is 10.3 Å². The Bertz CT molecular complexity index is 1640. The highest BCUT2D eigenvalue weighted by atomic mass is 16.5. The zero-order valence-electron chi connectivity index (χ0n) is 22.4. The van der Waals surface area contributed by atoms with Gasteiger partial charge in [0.05, 0.1) is 36.2 Å². The topological polar surface area (TPSA) is 64.4 Å². The van der Waals surface area contributed by atoms with Crippen molar-refractivity contribution in [1.29, 1.82) is 0 Å². The van der Waals surface area contributed by atoms with Crippen molar-refractivity contribution in [1.82, 2.24) is 14.5 Å². The molecule has 1 aromatic heterocycles. The van der Waals surface area contributed by atoms with Crippen molar-refractivity contribution in [3.05, 3.63) is 136 Å². The van der Waals surface area contributed by atoms with Gasteiger partial charge in [-0.05, 0) is 61.4 Å². The number of para-hydroxylation sites is 1. The maximum Gasteiger partial charge on any atom is 0.266 e. The van der Waals surface area contributed by atoms with Crippen LogP contribution in [0.2, 0.25) is 0 Å². The van der Waals surface area contributed by atoms with Crippen molar-refractivity contribution < 1.29 is 9.53 Å². The van der Waals surface area contributed by atoms with Gasteiger partial charge in [-0.25, -0.2) is 4.98 Å². The lowest BCUT2D eigenvalue weighted by Crippen LogP contribution is -2.38. The van der Waals surface area contributed by atoms with Gasteiger partial charge in [0.25, 0.3) is 5.56 Å². The normalized spacial score (nSPS) is 11.8. The maximum atomic E-state index is 13.9. The molecule has 6 heteroatoms. The molecule has 0 aliphatic carbocycles. The highest BCUT2D eigenvalue weighted by Gasteiger charge is 2.27. The molecule has 5 aromatic rings. The number of aryl methyl sites for hydroxylation is 1. The molecule has 0 radical (unpaired) electrons. The molecule has 1 unspecified atom stereocenters. The Morgan fingerprint density at radius 2 is 1.54 bits per heavy atom. The standard InChI is InChI=1S/C33H31N3O3/c1-23-13-17-27(18-14-23)36-32(34-30-12-8-7-11-29(30)33(36)38)24(2)35(22-26-9-5-4-6-10-26)31(37)21-25-15-19-28(39-3)20-16-25/h4-20,24H,21-22H2,1-3H3. The van der Waals surface area contributed by atoms with E-state index in [1.807, 2.05) is 111 Å². The number of rotatable bonds is 8. The molecule has 1 heterocycles. The lowest BCUT2D eigenvalue weighted by molar-refractivity contribution is -0.133. The van der Waals surface area contributed by atoms with E-state index in [2.05, 4.69) is 0 Å². The Morgan fingerprint density at radius 1 is 0.872 bits per heavy atom. The Hall–Kier alpha value is -4.71. The average Bonchev–Trinajstić information content (AvgIpc) is 2.97. The highest BCUT2D eigenvalue weighted by Crippen LogP contribution is 2.26. The fourth-order valence-electron chi connectivity index (χ4n) is 4.75. The predicted molar refractivity (Wildman–Crippen MR) is 154 cm³/mol. The van der Waals surface area contributed by atoms with Crippen molar-refractivity contribution in [2.24, 2.45) is 0 Å². The molecule has 39 heavy (non-hydrogen) atoms. The summed E-state index contributed by atoms with van der Waals surface area (Å²) in [5, 5.41) is 0.535. The third kappa shape index (κ3) is 5.60. The molecule has 0 spiro atoms. The number of nitrogens with zero attached hydrogens (tertiary/aromatic N) is 3. The monoisotopic (exact) mass is 517 g/mol. The summed E-state index contributed by atoms with van der Waals surface area (Å²) in [7, 11) is 1.62. The Kier molecular flexibility index (Phi) is 7.55. The molecule has 0 saturated carbocycles. The van der Waals surface area contributed by atoms with Gasteiger partial charge in [-0.1, -0.05) is 72.3 Å². The molecule has 0 fully saturated rings. The van der Waals surface area contributed by atoms with Crippen LogP contribution in [0.25, 0.3) is 16.6 Å². The van der Waals surface area contributed by atoms with E-state index >= 15 is 0 Å². The van der Waals surface area contributed by atoms with E-state index in [0.717, 1.165) is 22.4 Å². The van der Waals surface area contributed by atoms with Crippen molar-refractivity contribution in [3.63, 3.8) is 0 Å². The minimum absolute atomic E-state index is 0.0608. The average molecular weight is 518 g/mol. The summed E-state index contributed by atoms with van der Waals surface area (Å²) in [5.74, 6) is 1.19. The number of aromatic nitrogens is 2. The van der Waals surface area contributed by atoms with E-state index in [9.17, 15) is 9.59 Å². The van der Waals surface area contributed by atoms with Crippen LogP contribution in [-0.4, -0.2) is 27.5 Å². The summed E-state index contributed by atoms with van der Waals surface area (Å²) in [4.78, 5) is 34.5. The Balaban J connectivity index is 1.61. The maximum absolute atomic E-state index is 13.9. The van der Waals surface area contributed by atoms with Crippen LogP contribution in [0.4, 0.5) is 0 Å². The number of hydrogen-bond acceptors (Lipinski definition) is 4. The van der Waals surface area contributed by atoms with E-state index in [-0.39, 0.29) is 17.9 Å². The number of fused-ring (bicyclic) bond motifs is 1. The molecule has 1 atom stereocenters. The van der Waals surface area contributed by atoms with Gasteiger partial charge in [0.2, 0.25) is 5.91 Å². The van der Waals surface area contributed by atoms with E-state index < -0.39 is 6.04 Å². The fraction of sp³-hybridized carbons (Fsp3) is 0.182. The van der Waals surface area contributed by atoms with Crippen molar-refractivity contribution in [3.8, 4) is 11.4 Å². The summed E-state index contributed by atoms with van der Waals surface area (Å²) < 4.78 is 6.91. The molecule has 0 aliphatic heterocycles. The fourth-order valence-corrected chi connectivity index (χ4v) is 4.75. The van der Waals surface area contributed by atoms with Gasteiger partial charge in [-0.15, -0.1) is 0 Å². The molecular weight excluding hydrogens is 486 g/mol. The Morgan fingerprint density at radius 3 is 2.23 bits per heavy atom. The van der Waals surface area contributed by atoms with Crippen LogP contribution in [0.3, 0.4) is 0 Å². The minimum atomic E-state index is -0.491. The summed E-state index contributed by atoms with van der Waals surface area (Å²) in [6.07, 6.45) is 0.212. The van der Waals surface area contributed by atoms with E-state index in [1.165, 1.54) is 0 Å². The minimum Gasteiger partial charge on any atom is -0.497 e. The summed E-state index contributed by atoms with van der Waals surface area (Å²) in [5.41, 5.74) is 4.14. The summed E-state index contributed by atoms with van der Waals surface area (Å²) >= 11 is 0. The first-order chi connectivity index (χ1) is 18.9. The Labute approximate surface area is 228 Å². The second kappa shape index (κ2) is 11.4. The molecular formula is C33H31N3O3. The first-order valence-corrected chi connectivity index (χ1v) is 13.0. The SMILES string of the molecule is COc1ccc(CC(=O)N(Cc2ccccc2)C(C)c2nc3ccccc3c(=O)n2-c2ccc(C)cc2)cc1. The smallest absolute Gasteiger partial charge is 0.266 e. The van der Waals surface area contributed by atoms with Gasteiger partial charge >= 0.3 is 0 Å². The van der Waals surface area contributed by atoms with Crippen LogP contribution in [0.5, 0.6) is 5.75 Å². The second-order valence-corrected chi connectivity index (χ2v) is 9.67. The van der Waals surface area contributed by atoms with Gasteiger partial charge in [0, 0.05) is 6.54 Å². The van der Waals surface area contributed by atoms with Crippen molar-refractivity contribution in [2.75, 3.05) is 7.11 Å². The van der Waals surface area contributed by atoms with Crippen LogP contribution >= 0.6 is 0 Å². The first kappa shape index (κ1) is 25.9. The van der Waals surface area contributed by atoms with Crippen molar-refractivity contribution >= 4 is 16.8 Å². The second-order valence-electron chi connectivity index (χ2n) is 9.67. The largest absolute Gasteiger partial charge is 0.497 e. The number of amides is 1. The van der Waals surface area contributed by atoms with E-state index in [1.54, 1.807) is 22.6 Å². The quantitative estimate of drug-likeness (QED) is 0.252. The molecule has 0 N–H and O–H groups in total. The number of benzene rings is 4. The van der Waals surface area contributed by atoms with Gasteiger partial charge in [-0.2, -0.15) is 0 Å². The number of hydrogen-bond donors (Lipinski definition) is 0. The number of ether oxygens (including phenoxy) is 1. The molecule has 196 valence electrons. The molecule has 1 amide bonds. The molecule has 6 nitrogen and oxygen atoms in total. The van der Waals surface area contributed by atoms with Gasteiger partial charge in [0.1, 0.15) is 11.6 Å². The summed E-state index contributed by atoms with van der Waals surface area (Å²) in [6, 6.07) is 32.0. The van der Waals surface area contributed by atoms with Crippen molar-refractivity contribution in [2.45, 2.75) is 32.9 Å². The number of methoxy groups -OCH3 is 1. The lowest BCUT2D eigenvalue weighted by Gasteiger charge is -2.31.